The Morgan fingerprint density at radius 1 is 1.21 bits per heavy atom. The fourth-order valence-electron chi connectivity index (χ4n) is 2.90. The maximum absolute atomic E-state index is 13.6. The van der Waals surface area contributed by atoms with Crippen LogP contribution in [0.15, 0.2) is 48.8 Å². The summed E-state index contributed by atoms with van der Waals surface area (Å²) in [6.07, 6.45) is -0.339. The molecule has 0 aliphatic heterocycles. The first-order valence-corrected chi connectivity index (χ1v) is 8.45. The summed E-state index contributed by atoms with van der Waals surface area (Å²) in [4.78, 5) is 17.2. The highest BCUT2D eigenvalue weighted by Gasteiger charge is 2.22. The first-order chi connectivity index (χ1) is 14.0. The molecule has 0 radical (unpaired) electrons. The lowest BCUT2D eigenvalue weighted by Gasteiger charge is -2.09. The number of hydrogen-bond acceptors (Lipinski definition) is 5. The number of aryl methyl sites for hydroxylation is 1. The van der Waals surface area contributed by atoms with Crippen LogP contribution >= 0.6 is 0 Å². The van der Waals surface area contributed by atoms with Crippen LogP contribution in [0.5, 0.6) is 0 Å². The van der Waals surface area contributed by atoms with Crippen molar-refractivity contribution in [1.82, 2.24) is 24.4 Å². The Morgan fingerprint density at radius 2 is 1.97 bits per heavy atom. The van der Waals surface area contributed by atoms with E-state index in [-0.39, 0.29) is 28.3 Å². The van der Waals surface area contributed by atoms with Gasteiger partial charge in [-0.25, -0.2) is 18.3 Å². The van der Waals surface area contributed by atoms with Crippen LogP contribution in [0, 0.1) is 11.3 Å². The predicted molar refractivity (Wildman–Crippen MR) is 99.3 cm³/mol. The van der Waals surface area contributed by atoms with Crippen LogP contribution in [0.25, 0.3) is 16.9 Å². The summed E-state index contributed by atoms with van der Waals surface area (Å²) >= 11 is 0. The number of fused-ring (bicyclic) bond motifs is 1. The number of alkyl halides is 2. The van der Waals surface area contributed by atoms with Crippen molar-refractivity contribution in [2.45, 2.75) is 6.43 Å². The van der Waals surface area contributed by atoms with Crippen LogP contribution in [-0.2, 0) is 7.05 Å². The van der Waals surface area contributed by atoms with Gasteiger partial charge >= 0.3 is 0 Å². The van der Waals surface area contributed by atoms with Gasteiger partial charge in [0.2, 0.25) is 0 Å². The van der Waals surface area contributed by atoms with Crippen LogP contribution in [0.2, 0.25) is 0 Å². The molecule has 144 valence electrons. The number of hydrogen-bond donors (Lipinski definition) is 1. The van der Waals surface area contributed by atoms with Crippen molar-refractivity contribution < 1.29 is 13.6 Å². The molecule has 8 nitrogen and oxygen atoms in total. The highest BCUT2D eigenvalue weighted by molar-refractivity contribution is 6.08. The zero-order valence-electron chi connectivity index (χ0n) is 15.0. The second-order valence-corrected chi connectivity index (χ2v) is 6.12. The third-order valence-electron chi connectivity index (χ3n) is 4.33. The van der Waals surface area contributed by atoms with Crippen molar-refractivity contribution in [3.63, 3.8) is 0 Å². The highest BCUT2D eigenvalue weighted by Crippen LogP contribution is 2.27. The second-order valence-electron chi connectivity index (χ2n) is 6.12. The average Bonchev–Trinajstić information content (AvgIpc) is 3.31. The molecule has 0 aliphatic rings. The van der Waals surface area contributed by atoms with Gasteiger partial charge in [-0.2, -0.15) is 15.5 Å². The molecule has 0 fully saturated rings. The van der Waals surface area contributed by atoms with Crippen molar-refractivity contribution >= 4 is 17.4 Å². The molecule has 4 rings (SSSR count). The number of carbonyl (C=O) groups is 1. The Morgan fingerprint density at radius 3 is 2.66 bits per heavy atom. The average molecular weight is 393 g/mol. The van der Waals surface area contributed by atoms with Crippen molar-refractivity contribution in [2.75, 3.05) is 5.32 Å². The number of benzene rings is 1. The molecule has 0 aliphatic carbocycles. The molecule has 4 aromatic rings. The summed E-state index contributed by atoms with van der Waals surface area (Å²) in [7, 11) is 1.56. The van der Waals surface area contributed by atoms with Gasteiger partial charge in [-0.15, -0.1) is 0 Å². The van der Waals surface area contributed by atoms with E-state index in [0.717, 1.165) is 4.52 Å². The van der Waals surface area contributed by atoms with Crippen LogP contribution in [-0.4, -0.2) is 30.3 Å². The molecule has 3 heterocycles. The summed E-state index contributed by atoms with van der Waals surface area (Å²) in [5, 5.41) is 19.5. The SMILES string of the molecule is Cn1ncc(C#N)c1NC(=O)c1cnn2c(C(F)F)cc(-c3ccccc3)nc12. The van der Waals surface area contributed by atoms with E-state index in [1.165, 1.54) is 23.1 Å². The molecule has 0 spiro atoms. The molecular weight excluding hydrogens is 380 g/mol. The topological polar surface area (TPSA) is 101 Å². The first kappa shape index (κ1) is 18.2. The minimum atomic E-state index is -2.82. The zero-order valence-corrected chi connectivity index (χ0v) is 15.0. The molecule has 0 unspecified atom stereocenters. The Hall–Kier alpha value is -4.13. The Balaban J connectivity index is 1.83. The Labute approximate surface area is 163 Å². The Kier molecular flexibility index (Phi) is 4.48. The first-order valence-electron chi connectivity index (χ1n) is 8.45. The van der Waals surface area contributed by atoms with E-state index in [9.17, 15) is 13.6 Å². The van der Waals surface area contributed by atoms with E-state index in [2.05, 4.69) is 20.5 Å². The van der Waals surface area contributed by atoms with Crippen LogP contribution < -0.4 is 5.32 Å². The number of aromatic nitrogens is 5. The molecule has 0 atom stereocenters. The van der Waals surface area contributed by atoms with Gasteiger partial charge in [-0.05, 0) is 6.07 Å². The maximum atomic E-state index is 13.6. The van der Waals surface area contributed by atoms with Crippen LogP contribution in [0.4, 0.5) is 14.6 Å². The lowest BCUT2D eigenvalue weighted by atomic mass is 10.1. The van der Waals surface area contributed by atoms with Gasteiger partial charge in [0.15, 0.2) is 5.65 Å². The molecule has 1 aromatic carbocycles. The number of nitrogens with zero attached hydrogens (tertiary/aromatic N) is 6. The largest absolute Gasteiger partial charge is 0.305 e. The van der Waals surface area contributed by atoms with Crippen LogP contribution in [0.1, 0.15) is 28.0 Å². The van der Waals surface area contributed by atoms with Gasteiger partial charge in [0.05, 0.1) is 18.1 Å². The van der Waals surface area contributed by atoms with Crippen molar-refractivity contribution in [2.24, 2.45) is 7.05 Å². The molecule has 1 N–H and O–H groups in total. The third kappa shape index (κ3) is 3.19. The van der Waals surface area contributed by atoms with Crippen LogP contribution in [0.3, 0.4) is 0 Å². The van der Waals surface area contributed by atoms with Gasteiger partial charge in [-0.3, -0.25) is 9.48 Å². The molecule has 0 saturated heterocycles. The standard InChI is InChI=1S/C19H13F2N7O/c1-27-17(12(8-22)9-23-27)26-19(29)13-10-24-28-15(16(20)21)7-14(25-18(13)28)11-5-3-2-4-6-11/h2-7,9-10,16H,1H3,(H,26,29). The number of nitriles is 1. The smallest absolute Gasteiger partial charge is 0.280 e. The molecule has 0 bridgehead atoms. The van der Waals surface area contributed by atoms with E-state index in [1.807, 2.05) is 6.07 Å². The lowest BCUT2D eigenvalue weighted by molar-refractivity contribution is 0.102. The van der Waals surface area contributed by atoms with Crippen molar-refractivity contribution in [3.05, 3.63) is 65.6 Å². The van der Waals surface area contributed by atoms with E-state index < -0.39 is 12.3 Å². The third-order valence-corrected chi connectivity index (χ3v) is 4.33. The predicted octanol–water partition coefficient (Wildman–Crippen LogP) is 3.19. The minimum absolute atomic E-state index is 0.00484. The lowest BCUT2D eigenvalue weighted by Crippen LogP contribution is -2.16. The molecule has 0 saturated carbocycles. The Bertz CT molecular complexity index is 1260. The highest BCUT2D eigenvalue weighted by atomic mass is 19.3. The van der Waals surface area contributed by atoms with Crippen molar-refractivity contribution in [3.8, 4) is 17.3 Å². The van der Waals surface area contributed by atoms with Crippen molar-refractivity contribution in [1.29, 1.82) is 5.26 Å². The summed E-state index contributed by atoms with van der Waals surface area (Å²) < 4.78 is 29.5. The molecule has 29 heavy (non-hydrogen) atoms. The number of halogens is 2. The minimum Gasteiger partial charge on any atom is -0.305 e. The summed E-state index contributed by atoms with van der Waals surface area (Å²) in [5.74, 6) is -0.455. The number of nitrogens with one attached hydrogen (secondary N) is 1. The van der Waals surface area contributed by atoms with E-state index >= 15 is 0 Å². The fraction of sp³-hybridized carbons (Fsp3) is 0.105. The molecule has 1 amide bonds. The maximum Gasteiger partial charge on any atom is 0.280 e. The van der Waals surface area contributed by atoms with Gasteiger partial charge in [0.25, 0.3) is 12.3 Å². The number of rotatable bonds is 4. The van der Waals surface area contributed by atoms with E-state index in [1.54, 1.807) is 37.4 Å². The monoisotopic (exact) mass is 393 g/mol. The van der Waals surface area contributed by atoms with E-state index in [0.29, 0.717) is 11.3 Å². The normalized spacial score (nSPS) is 11.0. The fourth-order valence-corrected chi connectivity index (χ4v) is 2.90. The summed E-state index contributed by atoms with van der Waals surface area (Å²) in [6.45, 7) is 0. The summed E-state index contributed by atoms with van der Waals surface area (Å²) in [5.41, 5.74) is 0.688. The van der Waals surface area contributed by atoms with Gasteiger partial charge in [0, 0.05) is 12.6 Å². The quantitative estimate of drug-likeness (QED) is 0.574. The van der Waals surface area contributed by atoms with Gasteiger partial charge < -0.3 is 5.32 Å². The summed E-state index contributed by atoms with van der Waals surface area (Å²) in [6, 6.07) is 12.0. The number of amides is 1. The van der Waals surface area contributed by atoms with Gasteiger partial charge in [0.1, 0.15) is 28.7 Å². The zero-order chi connectivity index (χ0) is 20.5. The molecular formula is C19H13F2N7O. The molecule has 3 aromatic heterocycles. The van der Waals surface area contributed by atoms with Gasteiger partial charge in [-0.1, -0.05) is 30.3 Å². The molecule has 10 heteroatoms. The van der Waals surface area contributed by atoms with E-state index in [4.69, 9.17) is 5.26 Å². The number of anilines is 1. The second kappa shape index (κ2) is 7.12. The number of carbonyl (C=O) groups excluding carboxylic acids is 1.